The Labute approximate surface area is 144 Å². The smallest absolute Gasteiger partial charge is 0.227 e. The summed E-state index contributed by atoms with van der Waals surface area (Å²) in [6.07, 6.45) is 0.853. The first-order valence-electron chi connectivity index (χ1n) is 8.97. The van der Waals surface area contributed by atoms with E-state index in [1.165, 1.54) is 0 Å². The molecular formula is C19H29N3O2. The number of piperazine rings is 1. The van der Waals surface area contributed by atoms with E-state index in [2.05, 4.69) is 16.8 Å². The van der Waals surface area contributed by atoms with E-state index in [0.717, 1.165) is 50.3 Å². The first kappa shape index (κ1) is 17.4. The second-order valence-corrected chi connectivity index (χ2v) is 7.21. The number of hydrogen-bond acceptors (Lipinski definition) is 4. The zero-order valence-corrected chi connectivity index (χ0v) is 14.8. The van der Waals surface area contributed by atoms with Crippen molar-refractivity contribution in [3.05, 3.63) is 35.4 Å². The number of nitrogens with zero attached hydrogens (tertiary/aromatic N) is 3. The van der Waals surface area contributed by atoms with Gasteiger partial charge in [-0.2, -0.15) is 0 Å². The van der Waals surface area contributed by atoms with Crippen LogP contribution in [-0.2, 0) is 11.2 Å². The zero-order valence-electron chi connectivity index (χ0n) is 14.8. The van der Waals surface area contributed by atoms with Gasteiger partial charge in [0.05, 0.1) is 12.5 Å². The molecule has 1 N–H and O–H groups in total. The van der Waals surface area contributed by atoms with E-state index in [0.29, 0.717) is 13.0 Å². The number of likely N-dealkylation sites (tertiary alicyclic amines) is 1. The van der Waals surface area contributed by atoms with Gasteiger partial charge in [-0.05, 0) is 31.5 Å². The minimum Gasteiger partial charge on any atom is -0.390 e. The van der Waals surface area contributed by atoms with Crippen molar-refractivity contribution in [3.8, 4) is 0 Å². The second kappa shape index (κ2) is 7.64. The summed E-state index contributed by atoms with van der Waals surface area (Å²) in [5.74, 6) is 0.125. The molecule has 0 unspecified atom stereocenters. The molecule has 0 bridgehead atoms. The lowest BCUT2D eigenvalue weighted by Gasteiger charge is -2.44. The molecule has 0 saturated carbocycles. The maximum absolute atomic E-state index is 12.6. The van der Waals surface area contributed by atoms with Gasteiger partial charge in [-0.15, -0.1) is 0 Å². The quantitative estimate of drug-likeness (QED) is 0.888. The molecule has 0 spiro atoms. The van der Waals surface area contributed by atoms with Gasteiger partial charge in [0.1, 0.15) is 0 Å². The van der Waals surface area contributed by atoms with Crippen LogP contribution in [-0.4, -0.2) is 84.2 Å². The number of β-amino-alcohol motifs (C(OH)–C–C–N with tert-alkyl or cyclic N) is 1. The maximum atomic E-state index is 12.6. The average molecular weight is 331 g/mol. The maximum Gasteiger partial charge on any atom is 0.227 e. The largest absolute Gasteiger partial charge is 0.390 e. The van der Waals surface area contributed by atoms with Crippen molar-refractivity contribution >= 4 is 5.91 Å². The first-order valence-corrected chi connectivity index (χ1v) is 8.97. The fourth-order valence-corrected chi connectivity index (χ4v) is 3.81. The van der Waals surface area contributed by atoms with Crippen LogP contribution >= 0.6 is 0 Å². The number of rotatable bonds is 3. The Hall–Kier alpha value is -1.43. The van der Waals surface area contributed by atoms with Crippen molar-refractivity contribution in [2.75, 3.05) is 46.3 Å². The number of piperidine rings is 1. The van der Waals surface area contributed by atoms with E-state index in [9.17, 15) is 9.90 Å². The van der Waals surface area contributed by atoms with Crippen LogP contribution in [0.4, 0.5) is 0 Å². The van der Waals surface area contributed by atoms with Gasteiger partial charge in [-0.1, -0.05) is 24.3 Å². The number of likely N-dealkylation sites (N-methyl/N-ethyl adjacent to an activating group) is 1. The number of carbonyl (C=O) groups is 1. The number of benzene rings is 1. The highest BCUT2D eigenvalue weighted by atomic mass is 16.3. The Kier molecular flexibility index (Phi) is 5.54. The Morgan fingerprint density at radius 3 is 2.54 bits per heavy atom. The van der Waals surface area contributed by atoms with Gasteiger partial charge < -0.3 is 14.9 Å². The van der Waals surface area contributed by atoms with Crippen molar-refractivity contribution < 1.29 is 9.90 Å². The SMILES string of the molecule is Cc1ccccc1CC(=O)N1CC[C@@H](N2CCN(C)CC2)[C@H](O)C1. The number of aryl methyl sites for hydroxylation is 1. The van der Waals surface area contributed by atoms with Gasteiger partial charge in [-0.25, -0.2) is 0 Å². The number of hydrogen-bond donors (Lipinski definition) is 1. The molecule has 1 aromatic rings. The van der Waals surface area contributed by atoms with Gasteiger partial charge in [0, 0.05) is 45.3 Å². The fraction of sp³-hybridized carbons (Fsp3) is 0.632. The third-order valence-corrected chi connectivity index (χ3v) is 5.51. The molecule has 2 aliphatic heterocycles. The molecule has 2 saturated heterocycles. The Morgan fingerprint density at radius 2 is 1.88 bits per heavy atom. The molecule has 5 heteroatoms. The molecule has 3 rings (SSSR count). The summed E-state index contributed by atoms with van der Waals surface area (Å²) in [7, 11) is 2.14. The van der Waals surface area contributed by atoms with Crippen molar-refractivity contribution in [1.29, 1.82) is 0 Å². The minimum atomic E-state index is -0.442. The molecule has 2 fully saturated rings. The van der Waals surface area contributed by atoms with E-state index in [1.807, 2.05) is 36.1 Å². The van der Waals surface area contributed by atoms with E-state index < -0.39 is 6.10 Å². The molecule has 0 aliphatic carbocycles. The van der Waals surface area contributed by atoms with Crippen LogP contribution in [0.5, 0.6) is 0 Å². The van der Waals surface area contributed by atoms with Crippen molar-refractivity contribution in [2.45, 2.75) is 31.9 Å². The molecule has 24 heavy (non-hydrogen) atoms. The van der Waals surface area contributed by atoms with Gasteiger partial charge in [0.25, 0.3) is 0 Å². The highest BCUT2D eigenvalue weighted by Crippen LogP contribution is 2.20. The summed E-state index contributed by atoms with van der Waals surface area (Å²) in [5.41, 5.74) is 2.23. The zero-order chi connectivity index (χ0) is 17.1. The predicted octanol–water partition coefficient (Wildman–Crippen LogP) is 0.747. The number of carbonyl (C=O) groups excluding carboxylic acids is 1. The monoisotopic (exact) mass is 331 g/mol. The standard InChI is InChI=1S/C19H29N3O2/c1-15-5-3-4-6-16(15)13-19(24)22-8-7-17(18(23)14-22)21-11-9-20(2)10-12-21/h3-6,17-18,23H,7-14H2,1-2H3/t17-,18-/m1/s1. The third-order valence-electron chi connectivity index (χ3n) is 5.51. The van der Waals surface area contributed by atoms with E-state index in [4.69, 9.17) is 0 Å². The molecule has 1 amide bonds. The second-order valence-electron chi connectivity index (χ2n) is 7.21. The lowest BCUT2D eigenvalue weighted by atomic mass is 9.98. The Balaban J connectivity index is 1.55. The Bertz CT molecular complexity index is 569. The lowest BCUT2D eigenvalue weighted by molar-refractivity contribution is -0.135. The molecule has 2 aliphatic rings. The van der Waals surface area contributed by atoms with Crippen LogP contribution in [0.15, 0.2) is 24.3 Å². The molecule has 2 heterocycles. The molecule has 0 aromatic heterocycles. The third kappa shape index (κ3) is 3.97. The fourth-order valence-electron chi connectivity index (χ4n) is 3.81. The number of aliphatic hydroxyl groups is 1. The highest BCUT2D eigenvalue weighted by molar-refractivity contribution is 5.79. The summed E-state index contributed by atoms with van der Waals surface area (Å²) >= 11 is 0. The van der Waals surface area contributed by atoms with Gasteiger partial charge in [0.15, 0.2) is 0 Å². The first-order chi connectivity index (χ1) is 11.5. The van der Waals surface area contributed by atoms with Crippen LogP contribution < -0.4 is 0 Å². The van der Waals surface area contributed by atoms with Crippen LogP contribution in [0, 0.1) is 6.92 Å². The van der Waals surface area contributed by atoms with Gasteiger partial charge >= 0.3 is 0 Å². The molecule has 1 aromatic carbocycles. The van der Waals surface area contributed by atoms with Crippen LogP contribution in [0.25, 0.3) is 0 Å². The van der Waals surface area contributed by atoms with Crippen LogP contribution in [0.3, 0.4) is 0 Å². The van der Waals surface area contributed by atoms with E-state index in [-0.39, 0.29) is 11.9 Å². The molecule has 132 valence electrons. The normalized spacial score (nSPS) is 26.5. The lowest BCUT2D eigenvalue weighted by Crippen LogP contribution is -2.59. The number of aliphatic hydroxyl groups excluding tert-OH is 1. The van der Waals surface area contributed by atoms with Gasteiger partial charge in [0.2, 0.25) is 5.91 Å². The number of amides is 1. The topological polar surface area (TPSA) is 47.0 Å². The molecule has 0 radical (unpaired) electrons. The van der Waals surface area contributed by atoms with E-state index >= 15 is 0 Å². The summed E-state index contributed by atoms with van der Waals surface area (Å²) in [6, 6.07) is 8.22. The van der Waals surface area contributed by atoms with Crippen LogP contribution in [0.1, 0.15) is 17.5 Å². The summed E-state index contributed by atoms with van der Waals surface area (Å²) in [6.45, 7) is 7.38. The predicted molar refractivity (Wildman–Crippen MR) is 94.9 cm³/mol. The molecular weight excluding hydrogens is 302 g/mol. The molecule has 5 nitrogen and oxygen atoms in total. The average Bonchev–Trinajstić information content (AvgIpc) is 2.58. The summed E-state index contributed by atoms with van der Waals surface area (Å²) < 4.78 is 0. The molecule has 2 atom stereocenters. The summed E-state index contributed by atoms with van der Waals surface area (Å²) in [4.78, 5) is 19.1. The van der Waals surface area contributed by atoms with Crippen LogP contribution in [0.2, 0.25) is 0 Å². The van der Waals surface area contributed by atoms with Gasteiger partial charge in [-0.3, -0.25) is 9.69 Å². The Morgan fingerprint density at radius 1 is 1.17 bits per heavy atom. The van der Waals surface area contributed by atoms with Crippen molar-refractivity contribution in [1.82, 2.24) is 14.7 Å². The van der Waals surface area contributed by atoms with E-state index in [1.54, 1.807) is 0 Å². The highest BCUT2D eigenvalue weighted by Gasteiger charge is 2.34. The summed E-state index contributed by atoms with van der Waals surface area (Å²) in [5, 5.41) is 10.6. The van der Waals surface area contributed by atoms with Crippen molar-refractivity contribution in [2.24, 2.45) is 0 Å². The minimum absolute atomic E-state index is 0.125. The van der Waals surface area contributed by atoms with Crippen molar-refractivity contribution in [3.63, 3.8) is 0 Å².